The van der Waals surface area contributed by atoms with Gasteiger partial charge in [-0.25, -0.2) is 4.39 Å². The summed E-state index contributed by atoms with van der Waals surface area (Å²) in [6.45, 7) is 0.181. The van der Waals surface area contributed by atoms with E-state index in [1.54, 1.807) is 0 Å². The van der Waals surface area contributed by atoms with E-state index in [0.717, 1.165) is 18.2 Å². The van der Waals surface area contributed by atoms with E-state index >= 15 is 0 Å². The number of amides is 1. The number of anilines is 1. The van der Waals surface area contributed by atoms with E-state index in [4.69, 9.17) is 0 Å². The first-order chi connectivity index (χ1) is 11.9. The zero-order valence-electron chi connectivity index (χ0n) is 12.8. The number of nitrogens with one attached hydrogen (secondary N) is 2. The second kappa shape index (κ2) is 7.81. The zero-order chi connectivity index (χ0) is 18.4. The Morgan fingerprint density at radius 1 is 1.04 bits per heavy atom. The summed E-state index contributed by atoms with van der Waals surface area (Å²) in [4.78, 5) is 32.0. The van der Waals surface area contributed by atoms with Gasteiger partial charge in [0, 0.05) is 19.2 Å². The van der Waals surface area contributed by atoms with E-state index in [1.165, 1.54) is 24.3 Å². The van der Waals surface area contributed by atoms with Crippen LogP contribution in [-0.4, -0.2) is 28.8 Å². The molecule has 10 heteroatoms. The fraction of sp³-hybridized carbons (Fsp3) is 0.133. The van der Waals surface area contributed by atoms with Crippen LogP contribution < -0.4 is 10.6 Å². The highest BCUT2D eigenvalue weighted by Crippen LogP contribution is 2.28. The van der Waals surface area contributed by atoms with E-state index in [-0.39, 0.29) is 24.3 Å². The molecule has 0 saturated carbocycles. The first kappa shape index (κ1) is 17.8. The number of carbonyl (C=O) groups excluding carboxylic acids is 1. The number of nitro groups is 2. The molecule has 0 bridgehead atoms. The van der Waals surface area contributed by atoms with Gasteiger partial charge in [-0.1, -0.05) is 12.1 Å². The Bertz CT molecular complexity index is 827. The van der Waals surface area contributed by atoms with Crippen LogP contribution in [0, 0.1) is 26.0 Å². The van der Waals surface area contributed by atoms with Crippen LogP contribution in [0.2, 0.25) is 0 Å². The second-order valence-corrected chi connectivity index (χ2v) is 4.88. The molecular weight excluding hydrogens is 335 g/mol. The van der Waals surface area contributed by atoms with Gasteiger partial charge in [-0.3, -0.25) is 25.0 Å². The molecule has 0 spiro atoms. The topological polar surface area (TPSA) is 127 Å². The van der Waals surface area contributed by atoms with Gasteiger partial charge in [-0.05, 0) is 18.2 Å². The van der Waals surface area contributed by atoms with Crippen molar-refractivity contribution in [1.29, 1.82) is 0 Å². The molecule has 25 heavy (non-hydrogen) atoms. The summed E-state index contributed by atoms with van der Waals surface area (Å²) in [6.07, 6.45) is 0. The third kappa shape index (κ3) is 4.47. The molecule has 0 aromatic heterocycles. The van der Waals surface area contributed by atoms with Crippen LogP contribution in [0.1, 0.15) is 10.4 Å². The highest BCUT2D eigenvalue weighted by Gasteiger charge is 2.19. The first-order valence-electron chi connectivity index (χ1n) is 7.09. The van der Waals surface area contributed by atoms with Gasteiger partial charge in [0.15, 0.2) is 0 Å². The van der Waals surface area contributed by atoms with Crippen molar-refractivity contribution >= 4 is 23.0 Å². The SMILES string of the molecule is O=C(NCCNc1ccc([N+](=O)[O-])cc1[N+](=O)[O-])c1ccccc1F. The standard InChI is InChI=1S/C15H13FN4O5/c16-12-4-2-1-3-11(12)15(21)18-8-7-17-13-6-5-10(19(22)23)9-14(13)20(24)25/h1-6,9,17H,7-8H2,(H,18,21). The van der Waals surface area contributed by atoms with E-state index in [1.807, 2.05) is 0 Å². The highest BCUT2D eigenvalue weighted by atomic mass is 19.1. The summed E-state index contributed by atoms with van der Waals surface area (Å²) in [7, 11) is 0. The Hall–Kier alpha value is -3.56. The van der Waals surface area contributed by atoms with Gasteiger partial charge in [-0.2, -0.15) is 0 Å². The van der Waals surface area contributed by atoms with Crippen molar-refractivity contribution in [1.82, 2.24) is 5.32 Å². The zero-order valence-corrected chi connectivity index (χ0v) is 12.8. The van der Waals surface area contributed by atoms with Gasteiger partial charge in [0.2, 0.25) is 0 Å². The van der Waals surface area contributed by atoms with Crippen LogP contribution in [0.3, 0.4) is 0 Å². The van der Waals surface area contributed by atoms with E-state index < -0.39 is 32.9 Å². The predicted molar refractivity (Wildman–Crippen MR) is 87.0 cm³/mol. The van der Waals surface area contributed by atoms with Crippen LogP contribution >= 0.6 is 0 Å². The van der Waals surface area contributed by atoms with Gasteiger partial charge in [0.05, 0.1) is 21.5 Å². The number of non-ortho nitro benzene ring substituents is 1. The summed E-state index contributed by atoms with van der Waals surface area (Å²) >= 11 is 0. The molecule has 0 aliphatic carbocycles. The number of nitrogens with zero attached hydrogens (tertiary/aromatic N) is 2. The molecule has 0 fully saturated rings. The molecule has 0 aliphatic heterocycles. The largest absolute Gasteiger partial charge is 0.378 e. The molecule has 0 saturated heterocycles. The number of rotatable bonds is 7. The van der Waals surface area contributed by atoms with Crippen LogP contribution in [0.4, 0.5) is 21.5 Å². The van der Waals surface area contributed by atoms with Gasteiger partial charge >= 0.3 is 0 Å². The highest BCUT2D eigenvalue weighted by molar-refractivity contribution is 5.94. The van der Waals surface area contributed by atoms with Crippen molar-refractivity contribution in [2.24, 2.45) is 0 Å². The van der Waals surface area contributed by atoms with Crippen LogP contribution in [0.25, 0.3) is 0 Å². The quantitative estimate of drug-likeness (QED) is 0.449. The van der Waals surface area contributed by atoms with Gasteiger partial charge in [-0.15, -0.1) is 0 Å². The minimum atomic E-state index is -0.743. The fourth-order valence-electron chi connectivity index (χ4n) is 2.05. The maximum Gasteiger partial charge on any atom is 0.299 e. The molecule has 2 aromatic carbocycles. The van der Waals surface area contributed by atoms with Crippen LogP contribution in [0.5, 0.6) is 0 Å². The lowest BCUT2D eigenvalue weighted by Gasteiger charge is -2.09. The Labute approximate surface area is 140 Å². The monoisotopic (exact) mass is 348 g/mol. The molecule has 0 radical (unpaired) electrons. The van der Waals surface area contributed by atoms with Crippen LogP contribution in [0.15, 0.2) is 42.5 Å². The fourth-order valence-corrected chi connectivity index (χ4v) is 2.05. The van der Waals surface area contributed by atoms with Crippen molar-refractivity contribution in [2.45, 2.75) is 0 Å². The number of hydrogen-bond donors (Lipinski definition) is 2. The summed E-state index contributed by atoms with van der Waals surface area (Å²) in [5, 5.41) is 26.8. The third-order valence-corrected chi connectivity index (χ3v) is 3.23. The Kier molecular flexibility index (Phi) is 5.56. The first-order valence-corrected chi connectivity index (χ1v) is 7.09. The smallest absolute Gasteiger partial charge is 0.299 e. The van der Waals surface area contributed by atoms with E-state index in [2.05, 4.69) is 10.6 Å². The number of carbonyl (C=O) groups is 1. The number of nitro benzene ring substituents is 2. The van der Waals surface area contributed by atoms with Crippen molar-refractivity contribution in [2.75, 3.05) is 18.4 Å². The third-order valence-electron chi connectivity index (χ3n) is 3.23. The van der Waals surface area contributed by atoms with Crippen molar-refractivity contribution in [3.63, 3.8) is 0 Å². The minimum absolute atomic E-state index is 0.0707. The number of hydrogen-bond acceptors (Lipinski definition) is 6. The van der Waals surface area contributed by atoms with Crippen molar-refractivity contribution < 1.29 is 19.0 Å². The lowest BCUT2D eigenvalue weighted by atomic mass is 10.2. The summed E-state index contributed by atoms with van der Waals surface area (Å²) in [6, 6.07) is 8.67. The summed E-state index contributed by atoms with van der Waals surface area (Å²) < 4.78 is 13.5. The van der Waals surface area contributed by atoms with Gasteiger partial charge in [0.1, 0.15) is 11.5 Å². The molecule has 130 valence electrons. The second-order valence-electron chi connectivity index (χ2n) is 4.88. The average Bonchev–Trinajstić information content (AvgIpc) is 2.58. The van der Waals surface area contributed by atoms with Crippen molar-refractivity contribution in [3.05, 3.63) is 74.1 Å². The predicted octanol–water partition coefficient (Wildman–Crippen LogP) is 2.48. The molecule has 2 N–H and O–H groups in total. The number of halogens is 1. The molecule has 0 heterocycles. The normalized spacial score (nSPS) is 10.1. The van der Waals surface area contributed by atoms with E-state index in [0.29, 0.717) is 0 Å². The molecule has 2 aromatic rings. The Morgan fingerprint density at radius 2 is 1.76 bits per heavy atom. The average molecular weight is 348 g/mol. The summed E-state index contributed by atoms with van der Waals surface area (Å²) in [5.74, 6) is -1.27. The molecule has 2 rings (SSSR count). The van der Waals surface area contributed by atoms with Gasteiger partial charge < -0.3 is 10.6 Å². The molecular formula is C15H13FN4O5. The van der Waals surface area contributed by atoms with Crippen LogP contribution in [-0.2, 0) is 0 Å². The molecule has 0 atom stereocenters. The lowest BCUT2D eigenvalue weighted by Crippen LogP contribution is -2.29. The maximum atomic E-state index is 13.5. The minimum Gasteiger partial charge on any atom is -0.378 e. The Balaban J connectivity index is 1.96. The van der Waals surface area contributed by atoms with Gasteiger partial charge in [0.25, 0.3) is 17.3 Å². The molecule has 9 nitrogen and oxygen atoms in total. The molecule has 0 unspecified atom stereocenters. The maximum absolute atomic E-state index is 13.5. The van der Waals surface area contributed by atoms with Crippen molar-refractivity contribution in [3.8, 4) is 0 Å². The summed E-state index contributed by atoms with van der Waals surface area (Å²) in [5.41, 5.74) is -0.876. The number of benzene rings is 2. The molecule has 0 aliphatic rings. The van der Waals surface area contributed by atoms with E-state index in [9.17, 15) is 29.4 Å². The lowest BCUT2D eigenvalue weighted by molar-refractivity contribution is -0.393. The Morgan fingerprint density at radius 3 is 2.40 bits per heavy atom. The molecule has 1 amide bonds.